The molecule has 148 valence electrons. The zero-order valence-electron chi connectivity index (χ0n) is 15.4. The third kappa shape index (κ3) is 3.51. The predicted octanol–water partition coefficient (Wildman–Crippen LogP) is 3.59. The van der Waals surface area contributed by atoms with Crippen LogP contribution in [0.3, 0.4) is 0 Å². The van der Waals surface area contributed by atoms with E-state index < -0.39 is 11.7 Å². The minimum absolute atomic E-state index is 0.230. The summed E-state index contributed by atoms with van der Waals surface area (Å²) in [6.07, 6.45) is 4.94. The topological polar surface area (TPSA) is 69.0 Å². The summed E-state index contributed by atoms with van der Waals surface area (Å²) in [4.78, 5) is 14.0. The number of anilines is 1. The van der Waals surface area contributed by atoms with Crippen LogP contribution in [0.25, 0.3) is 16.7 Å². The smallest absolute Gasteiger partial charge is 0.303 e. The number of halogens is 3. The van der Waals surface area contributed by atoms with Crippen molar-refractivity contribution in [1.82, 2.24) is 24.7 Å². The van der Waals surface area contributed by atoms with Crippen molar-refractivity contribution in [2.75, 3.05) is 25.1 Å². The van der Waals surface area contributed by atoms with Crippen molar-refractivity contribution < 1.29 is 13.5 Å². The Morgan fingerprint density at radius 2 is 2.00 bits per heavy atom. The van der Waals surface area contributed by atoms with Crippen LogP contribution in [0.5, 0.6) is 0 Å². The first kappa shape index (κ1) is 18.9. The molecule has 4 heterocycles. The summed E-state index contributed by atoms with van der Waals surface area (Å²) in [5, 5.41) is 5.73. The molecular weight excluding hydrogens is 390 g/mol. The molecule has 10 heteroatoms. The Hall–Kier alpha value is -2.39. The number of hydrogen-bond donors (Lipinski definition) is 0. The van der Waals surface area contributed by atoms with Gasteiger partial charge in [-0.2, -0.15) is 8.78 Å². The SMILES string of the molecule is COC1CCN(c2nn(-c3ccnc(C(C)(F)F)n3)c3cc(Cl)ncc23)CC1. The summed E-state index contributed by atoms with van der Waals surface area (Å²) in [5.41, 5.74) is 0.646. The van der Waals surface area contributed by atoms with Crippen LogP contribution in [-0.4, -0.2) is 51.0 Å². The Kier molecular flexibility index (Phi) is 4.88. The third-order valence-corrected chi connectivity index (χ3v) is 5.04. The van der Waals surface area contributed by atoms with Gasteiger partial charge < -0.3 is 9.64 Å². The molecule has 1 aliphatic heterocycles. The summed E-state index contributed by atoms with van der Waals surface area (Å²) in [6.45, 7) is 2.31. The van der Waals surface area contributed by atoms with Crippen LogP contribution in [0, 0.1) is 0 Å². The van der Waals surface area contributed by atoms with Crippen molar-refractivity contribution in [2.24, 2.45) is 0 Å². The molecule has 3 aromatic rings. The largest absolute Gasteiger partial charge is 0.381 e. The third-order valence-electron chi connectivity index (χ3n) is 4.84. The van der Waals surface area contributed by atoms with Gasteiger partial charge in [0, 0.05) is 51.6 Å². The van der Waals surface area contributed by atoms with E-state index in [1.165, 1.54) is 16.9 Å². The monoisotopic (exact) mass is 408 g/mol. The maximum Gasteiger partial charge on any atom is 0.303 e. The molecule has 0 aliphatic carbocycles. The summed E-state index contributed by atoms with van der Waals surface area (Å²) in [6, 6.07) is 3.19. The molecule has 0 atom stereocenters. The second kappa shape index (κ2) is 7.21. The van der Waals surface area contributed by atoms with E-state index in [-0.39, 0.29) is 17.1 Å². The summed E-state index contributed by atoms with van der Waals surface area (Å²) >= 11 is 6.08. The number of methoxy groups -OCH3 is 1. The van der Waals surface area contributed by atoms with E-state index in [9.17, 15) is 8.78 Å². The number of piperidine rings is 1. The fraction of sp³-hybridized carbons (Fsp3) is 0.444. The molecular formula is C18H19ClF2N6O. The molecule has 0 saturated carbocycles. The molecule has 4 rings (SSSR count). The summed E-state index contributed by atoms with van der Waals surface area (Å²) in [5.74, 6) is -2.74. The Balaban J connectivity index is 1.81. The number of rotatable bonds is 4. The zero-order chi connectivity index (χ0) is 19.9. The fourth-order valence-electron chi connectivity index (χ4n) is 3.36. The molecule has 0 N–H and O–H groups in total. The van der Waals surface area contributed by atoms with Crippen molar-refractivity contribution in [3.63, 3.8) is 0 Å². The van der Waals surface area contributed by atoms with Gasteiger partial charge in [0.2, 0.25) is 5.82 Å². The van der Waals surface area contributed by atoms with Crippen LogP contribution in [0.15, 0.2) is 24.5 Å². The first-order valence-electron chi connectivity index (χ1n) is 8.90. The number of hydrogen-bond acceptors (Lipinski definition) is 6. The molecule has 0 spiro atoms. The summed E-state index contributed by atoms with van der Waals surface area (Å²) < 4.78 is 34.3. The molecule has 28 heavy (non-hydrogen) atoms. The van der Waals surface area contributed by atoms with Crippen LogP contribution < -0.4 is 4.90 Å². The Labute approximate surface area is 165 Å². The van der Waals surface area contributed by atoms with Gasteiger partial charge in [0.25, 0.3) is 0 Å². The second-order valence-electron chi connectivity index (χ2n) is 6.81. The van der Waals surface area contributed by atoms with Crippen LogP contribution in [0.4, 0.5) is 14.6 Å². The highest BCUT2D eigenvalue weighted by molar-refractivity contribution is 6.30. The lowest BCUT2D eigenvalue weighted by atomic mass is 10.1. The number of aromatic nitrogens is 5. The molecule has 0 bridgehead atoms. The van der Waals surface area contributed by atoms with Crippen molar-refractivity contribution >= 4 is 28.3 Å². The number of fused-ring (bicyclic) bond motifs is 1. The normalized spacial score (nSPS) is 16.1. The first-order chi connectivity index (χ1) is 13.4. The van der Waals surface area contributed by atoms with Crippen LogP contribution >= 0.6 is 11.6 Å². The molecule has 0 radical (unpaired) electrons. The van der Waals surface area contributed by atoms with Crippen LogP contribution in [0.1, 0.15) is 25.6 Å². The molecule has 0 aromatic carbocycles. The molecule has 7 nitrogen and oxygen atoms in total. The van der Waals surface area contributed by atoms with E-state index in [2.05, 4.69) is 25.0 Å². The number of ether oxygens (including phenoxy) is 1. The van der Waals surface area contributed by atoms with Crippen molar-refractivity contribution in [2.45, 2.75) is 31.8 Å². The van der Waals surface area contributed by atoms with Gasteiger partial charge in [-0.3, -0.25) is 0 Å². The van der Waals surface area contributed by atoms with Gasteiger partial charge >= 0.3 is 5.92 Å². The van der Waals surface area contributed by atoms with Gasteiger partial charge in [-0.1, -0.05) is 11.6 Å². The second-order valence-corrected chi connectivity index (χ2v) is 7.20. The van der Waals surface area contributed by atoms with Gasteiger partial charge in [-0.25, -0.2) is 19.6 Å². The Bertz CT molecular complexity index is 997. The molecule has 0 unspecified atom stereocenters. The van der Waals surface area contributed by atoms with Gasteiger partial charge in [0.15, 0.2) is 11.6 Å². The van der Waals surface area contributed by atoms with E-state index in [1.54, 1.807) is 19.4 Å². The highest BCUT2D eigenvalue weighted by Crippen LogP contribution is 2.31. The minimum Gasteiger partial charge on any atom is -0.381 e. The first-order valence-corrected chi connectivity index (χ1v) is 9.28. The van der Waals surface area contributed by atoms with Gasteiger partial charge in [0.05, 0.1) is 17.0 Å². The maximum absolute atomic E-state index is 13.7. The molecule has 0 amide bonds. The lowest BCUT2D eigenvalue weighted by molar-refractivity contribution is 0.00763. The predicted molar refractivity (Wildman–Crippen MR) is 101 cm³/mol. The molecule has 1 aliphatic rings. The van der Waals surface area contributed by atoms with Gasteiger partial charge in [-0.05, 0) is 12.8 Å². The van der Waals surface area contributed by atoms with E-state index in [1.807, 2.05) is 0 Å². The summed E-state index contributed by atoms with van der Waals surface area (Å²) in [7, 11) is 1.71. The minimum atomic E-state index is -3.15. The highest BCUT2D eigenvalue weighted by atomic mass is 35.5. The molecule has 1 fully saturated rings. The van der Waals surface area contributed by atoms with Gasteiger partial charge in [0.1, 0.15) is 5.15 Å². The standard InChI is InChI=1S/C18H19ClF2N6O/c1-18(20,21)17-22-6-3-15(24-17)27-13-9-14(19)23-10-12(13)16(25-27)26-7-4-11(28-2)5-8-26/h3,6,9-11H,4-5,7-8H2,1-2H3. The van der Waals surface area contributed by atoms with E-state index in [0.717, 1.165) is 44.1 Å². The van der Waals surface area contributed by atoms with Crippen molar-refractivity contribution in [3.8, 4) is 5.82 Å². The molecule has 1 saturated heterocycles. The zero-order valence-corrected chi connectivity index (χ0v) is 16.2. The Morgan fingerprint density at radius 1 is 1.25 bits per heavy atom. The van der Waals surface area contributed by atoms with Crippen molar-refractivity contribution in [3.05, 3.63) is 35.5 Å². The number of pyridine rings is 1. The quantitative estimate of drug-likeness (QED) is 0.614. The van der Waals surface area contributed by atoms with E-state index in [0.29, 0.717) is 5.52 Å². The molecule has 3 aromatic heterocycles. The average molecular weight is 409 g/mol. The van der Waals surface area contributed by atoms with Gasteiger partial charge in [-0.15, -0.1) is 5.10 Å². The van der Waals surface area contributed by atoms with Crippen molar-refractivity contribution in [1.29, 1.82) is 0 Å². The van der Waals surface area contributed by atoms with Crippen LogP contribution in [0.2, 0.25) is 5.15 Å². The number of alkyl halides is 2. The van der Waals surface area contributed by atoms with E-state index >= 15 is 0 Å². The Morgan fingerprint density at radius 3 is 2.68 bits per heavy atom. The maximum atomic E-state index is 13.7. The highest BCUT2D eigenvalue weighted by Gasteiger charge is 2.29. The lowest BCUT2D eigenvalue weighted by Gasteiger charge is -2.31. The fourth-order valence-corrected chi connectivity index (χ4v) is 3.51. The van der Waals surface area contributed by atoms with E-state index in [4.69, 9.17) is 16.3 Å². The number of nitrogens with zero attached hydrogens (tertiary/aromatic N) is 6. The lowest BCUT2D eigenvalue weighted by Crippen LogP contribution is -2.37. The van der Waals surface area contributed by atoms with Crippen LogP contribution in [-0.2, 0) is 10.7 Å². The average Bonchev–Trinajstić information content (AvgIpc) is 3.06.